The maximum atomic E-state index is 12.4. The van der Waals surface area contributed by atoms with Gasteiger partial charge in [0.1, 0.15) is 12.3 Å². The van der Waals surface area contributed by atoms with E-state index in [9.17, 15) is 28.0 Å². The molecule has 0 aromatic heterocycles. The van der Waals surface area contributed by atoms with Crippen LogP contribution in [-0.2, 0) is 23.9 Å². The topological polar surface area (TPSA) is 102 Å². The monoisotopic (exact) mass is 408 g/mol. The average Bonchev–Trinajstić information content (AvgIpc) is 2.93. The van der Waals surface area contributed by atoms with E-state index in [2.05, 4.69) is 10.1 Å². The van der Waals surface area contributed by atoms with E-state index in [4.69, 9.17) is 4.74 Å². The lowest BCUT2D eigenvalue weighted by Crippen LogP contribution is -2.37. The van der Waals surface area contributed by atoms with E-state index in [-0.39, 0.29) is 11.4 Å². The van der Waals surface area contributed by atoms with Crippen molar-refractivity contribution in [2.45, 2.75) is 19.5 Å². The number of ether oxygens (including phenoxy) is 2. The Bertz CT molecular complexity index is 831. The van der Waals surface area contributed by atoms with Crippen molar-refractivity contribution in [3.8, 4) is 5.75 Å². The van der Waals surface area contributed by atoms with Crippen molar-refractivity contribution in [1.29, 1.82) is 0 Å². The van der Waals surface area contributed by atoms with Gasteiger partial charge in [-0.25, -0.2) is 0 Å². The summed E-state index contributed by atoms with van der Waals surface area (Å²) >= 11 is 0. The van der Waals surface area contributed by atoms with E-state index >= 15 is 0 Å². The summed E-state index contributed by atoms with van der Waals surface area (Å²) in [7, 11) is 0. The van der Waals surface area contributed by atoms with Crippen LogP contribution in [0.3, 0.4) is 0 Å². The molecular weight excluding hydrogens is 390 g/mol. The first kappa shape index (κ1) is 20.4. The third-order valence-corrected chi connectivity index (χ3v) is 4.63. The maximum absolute atomic E-state index is 12.4. The van der Waals surface area contributed by atoms with Crippen molar-refractivity contribution in [3.63, 3.8) is 0 Å². The van der Waals surface area contributed by atoms with Gasteiger partial charge < -0.3 is 14.8 Å². The van der Waals surface area contributed by atoms with Gasteiger partial charge in [0.05, 0.1) is 17.5 Å². The number of hydrogen-bond donors (Lipinski definition) is 1. The number of carbonyl (C=O) groups excluding carboxylic acids is 4. The minimum atomic E-state index is -3.07. The molecule has 10 heteroatoms. The minimum absolute atomic E-state index is 0.0182. The zero-order valence-electron chi connectivity index (χ0n) is 15.2. The lowest BCUT2D eigenvalue weighted by Gasteiger charge is -2.14. The number of imide groups is 1. The highest BCUT2D eigenvalue weighted by Gasteiger charge is 2.47. The molecular formula is C19H18F2N2O6. The van der Waals surface area contributed by atoms with Gasteiger partial charge in [-0.15, -0.1) is 0 Å². The van der Waals surface area contributed by atoms with E-state index in [0.29, 0.717) is 12.8 Å². The molecule has 1 fully saturated rings. The predicted molar refractivity (Wildman–Crippen MR) is 94.7 cm³/mol. The van der Waals surface area contributed by atoms with Crippen molar-refractivity contribution < 1.29 is 37.4 Å². The number of alkyl halides is 2. The van der Waals surface area contributed by atoms with Gasteiger partial charge in [0.25, 0.3) is 5.91 Å². The lowest BCUT2D eigenvalue weighted by molar-refractivity contribution is -0.154. The third-order valence-electron chi connectivity index (χ3n) is 4.63. The summed E-state index contributed by atoms with van der Waals surface area (Å²) in [6, 6.07) is 5.53. The second-order valence-electron chi connectivity index (χ2n) is 6.50. The quantitative estimate of drug-likeness (QED) is 0.419. The lowest BCUT2D eigenvalue weighted by atomic mass is 9.85. The highest BCUT2D eigenvalue weighted by molar-refractivity contribution is 6.07. The number of allylic oxidation sites excluding steroid dienone is 2. The number of esters is 1. The van der Waals surface area contributed by atoms with Crippen LogP contribution in [0.25, 0.3) is 0 Å². The van der Waals surface area contributed by atoms with Gasteiger partial charge in [0.2, 0.25) is 11.8 Å². The number of nitrogens with one attached hydrogen (secondary N) is 1. The Morgan fingerprint density at radius 2 is 1.72 bits per heavy atom. The first-order valence-electron chi connectivity index (χ1n) is 8.86. The number of halogens is 2. The standard InChI is InChI=1S/C19H18F2N2O6/c20-19(21)29-14-8-4-3-7-13(14)22-15(24)10-28-16(25)9-23-17(26)11-5-1-2-6-12(11)18(23)27/h1-4,7-8,11-12,19H,5-6,9-10H2,(H,22,24)/t11-,12-/m0/s1. The first-order valence-corrected chi connectivity index (χ1v) is 8.86. The van der Waals surface area contributed by atoms with Crippen LogP contribution in [-0.4, -0.2) is 48.4 Å². The number of amides is 3. The molecule has 0 bridgehead atoms. The molecule has 3 rings (SSSR count). The average molecular weight is 408 g/mol. The maximum Gasteiger partial charge on any atom is 0.387 e. The summed E-state index contributed by atoms with van der Waals surface area (Å²) in [5.41, 5.74) is -0.0182. The smallest absolute Gasteiger partial charge is 0.387 e. The van der Waals surface area contributed by atoms with Crippen LogP contribution in [0.1, 0.15) is 12.8 Å². The van der Waals surface area contributed by atoms with Crippen LogP contribution >= 0.6 is 0 Å². The number of fused-ring (bicyclic) bond motifs is 1. The molecule has 0 spiro atoms. The molecule has 1 aromatic rings. The molecule has 1 aliphatic carbocycles. The highest BCUT2D eigenvalue weighted by Crippen LogP contribution is 2.34. The predicted octanol–water partition coefficient (Wildman–Crippen LogP) is 1.72. The molecule has 3 amide bonds. The van der Waals surface area contributed by atoms with Crippen molar-refractivity contribution in [2.75, 3.05) is 18.5 Å². The SMILES string of the molecule is O=C(COC(=O)CN1C(=O)[C@H]2CC=CC[C@@H]2C1=O)Nc1ccccc1OC(F)F. The molecule has 154 valence electrons. The molecule has 1 saturated heterocycles. The van der Waals surface area contributed by atoms with E-state index in [1.54, 1.807) is 0 Å². The summed E-state index contributed by atoms with van der Waals surface area (Å²) in [4.78, 5) is 49.4. The summed E-state index contributed by atoms with van der Waals surface area (Å²) in [5.74, 6) is -3.74. The Labute approximate surface area is 164 Å². The molecule has 0 saturated carbocycles. The van der Waals surface area contributed by atoms with Crippen molar-refractivity contribution in [3.05, 3.63) is 36.4 Å². The number of benzene rings is 1. The Kier molecular flexibility index (Phi) is 6.20. The van der Waals surface area contributed by atoms with Gasteiger partial charge in [0.15, 0.2) is 6.61 Å². The fourth-order valence-corrected chi connectivity index (χ4v) is 3.30. The van der Waals surface area contributed by atoms with Crippen LogP contribution in [0.4, 0.5) is 14.5 Å². The number of likely N-dealkylation sites (tertiary alicyclic amines) is 1. The van der Waals surface area contributed by atoms with Gasteiger partial charge in [-0.3, -0.25) is 24.1 Å². The molecule has 1 aromatic carbocycles. The van der Waals surface area contributed by atoms with Crippen LogP contribution in [0.2, 0.25) is 0 Å². The Balaban J connectivity index is 1.51. The third kappa shape index (κ3) is 4.76. The molecule has 2 aliphatic rings. The van der Waals surface area contributed by atoms with Crippen molar-refractivity contribution >= 4 is 29.4 Å². The highest BCUT2D eigenvalue weighted by atomic mass is 19.3. The Hall–Kier alpha value is -3.30. The van der Waals surface area contributed by atoms with E-state index < -0.39 is 55.3 Å². The van der Waals surface area contributed by atoms with Gasteiger partial charge in [-0.2, -0.15) is 8.78 Å². The largest absolute Gasteiger partial charge is 0.454 e. The van der Waals surface area contributed by atoms with E-state index in [0.717, 1.165) is 4.90 Å². The van der Waals surface area contributed by atoms with Crippen LogP contribution in [0.5, 0.6) is 5.75 Å². The summed E-state index contributed by atoms with van der Waals surface area (Å²) < 4.78 is 33.9. The minimum Gasteiger partial charge on any atom is -0.454 e. The number of nitrogens with zero attached hydrogens (tertiary/aromatic N) is 1. The van der Waals surface area contributed by atoms with Crippen LogP contribution in [0.15, 0.2) is 36.4 Å². The molecule has 1 N–H and O–H groups in total. The zero-order chi connectivity index (χ0) is 21.0. The Morgan fingerprint density at radius 1 is 1.10 bits per heavy atom. The van der Waals surface area contributed by atoms with Crippen molar-refractivity contribution in [1.82, 2.24) is 4.90 Å². The molecule has 1 heterocycles. The van der Waals surface area contributed by atoms with E-state index in [1.165, 1.54) is 24.3 Å². The van der Waals surface area contributed by atoms with Gasteiger partial charge in [0, 0.05) is 0 Å². The molecule has 2 atom stereocenters. The Morgan fingerprint density at radius 3 is 2.34 bits per heavy atom. The molecule has 1 aliphatic heterocycles. The molecule has 29 heavy (non-hydrogen) atoms. The van der Waals surface area contributed by atoms with E-state index in [1.807, 2.05) is 12.2 Å². The molecule has 0 unspecified atom stereocenters. The van der Waals surface area contributed by atoms with Crippen molar-refractivity contribution in [2.24, 2.45) is 11.8 Å². The fourth-order valence-electron chi connectivity index (χ4n) is 3.30. The normalized spacial score (nSPS) is 20.6. The number of anilines is 1. The number of para-hydroxylation sites is 2. The zero-order valence-corrected chi connectivity index (χ0v) is 15.2. The second kappa shape index (κ2) is 8.80. The van der Waals surface area contributed by atoms with Gasteiger partial charge >= 0.3 is 12.6 Å². The fraction of sp³-hybridized carbons (Fsp3) is 0.368. The summed E-state index contributed by atoms with van der Waals surface area (Å²) in [5, 5.41) is 2.29. The first-order chi connectivity index (χ1) is 13.9. The second-order valence-corrected chi connectivity index (χ2v) is 6.50. The van der Waals surface area contributed by atoms with Gasteiger partial charge in [-0.05, 0) is 25.0 Å². The molecule has 0 radical (unpaired) electrons. The summed E-state index contributed by atoms with van der Waals surface area (Å²) in [6.07, 6.45) is 4.55. The van der Waals surface area contributed by atoms with Crippen LogP contribution < -0.4 is 10.1 Å². The molecule has 8 nitrogen and oxygen atoms in total. The number of rotatable bonds is 7. The van der Waals surface area contributed by atoms with Gasteiger partial charge in [-0.1, -0.05) is 24.3 Å². The number of carbonyl (C=O) groups is 4. The number of hydrogen-bond acceptors (Lipinski definition) is 6. The van der Waals surface area contributed by atoms with Crippen LogP contribution in [0, 0.1) is 11.8 Å². The summed E-state index contributed by atoms with van der Waals surface area (Å²) in [6.45, 7) is -4.37.